The molecular weight excluding hydrogens is 266 g/mol. The summed E-state index contributed by atoms with van der Waals surface area (Å²) in [6.45, 7) is 5.65. The smallest absolute Gasteiger partial charge is 0.243 e. The summed E-state index contributed by atoms with van der Waals surface area (Å²) in [7, 11) is 1.68. The number of nitrogens with one attached hydrogen (secondary N) is 2. The Labute approximate surface area is 125 Å². The highest BCUT2D eigenvalue weighted by Gasteiger charge is 2.26. The Balaban J connectivity index is 1.92. The van der Waals surface area contributed by atoms with Gasteiger partial charge in [-0.1, -0.05) is 12.1 Å². The largest absolute Gasteiger partial charge is 0.336 e. The average Bonchev–Trinajstić information content (AvgIpc) is 2.97. The third kappa shape index (κ3) is 3.82. The van der Waals surface area contributed by atoms with Gasteiger partial charge in [-0.05, 0) is 44.0 Å². The molecule has 114 valence electrons. The molecule has 0 aliphatic carbocycles. The van der Waals surface area contributed by atoms with Crippen molar-refractivity contribution >= 4 is 17.5 Å². The predicted octanol–water partition coefficient (Wildman–Crippen LogP) is 1.31. The van der Waals surface area contributed by atoms with Gasteiger partial charge in [0.15, 0.2) is 0 Å². The molecule has 0 saturated carbocycles. The van der Waals surface area contributed by atoms with Crippen LogP contribution in [0.2, 0.25) is 0 Å². The highest BCUT2D eigenvalue weighted by atomic mass is 16.2. The minimum absolute atomic E-state index is 0.00325. The second kappa shape index (κ2) is 6.72. The number of hydrogen-bond acceptors (Lipinski definition) is 3. The number of nitrogens with zero attached hydrogens (tertiary/aromatic N) is 1. The van der Waals surface area contributed by atoms with E-state index in [-0.39, 0.29) is 24.3 Å². The van der Waals surface area contributed by atoms with Crippen molar-refractivity contribution in [2.45, 2.75) is 20.3 Å². The van der Waals surface area contributed by atoms with Gasteiger partial charge in [-0.2, -0.15) is 0 Å². The van der Waals surface area contributed by atoms with Gasteiger partial charge in [-0.25, -0.2) is 0 Å². The number of carbonyl (C=O) groups excluding carboxylic acids is 2. The van der Waals surface area contributed by atoms with Gasteiger partial charge in [-0.3, -0.25) is 9.59 Å². The summed E-state index contributed by atoms with van der Waals surface area (Å²) in [5, 5.41) is 6.05. The minimum Gasteiger partial charge on any atom is -0.336 e. The lowest BCUT2D eigenvalue weighted by atomic mass is 10.1. The number of hydrogen-bond donors (Lipinski definition) is 2. The van der Waals surface area contributed by atoms with E-state index in [4.69, 9.17) is 0 Å². The maximum absolute atomic E-state index is 12.2. The molecule has 2 amide bonds. The van der Waals surface area contributed by atoms with Crippen LogP contribution in [-0.2, 0) is 9.59 Å². The van der Waals surface area contributed by atoms with Gasteiger partial charge in [-0.15, -0.1) is 0 Å². The quantitative estimate of drug-likeness (QED) is 0.878. The van der Waals surface area contributed by atoms with E-state index in [1.807, 2.05) is 32.0 Å². The second-order valence-corrected chi connectivity index (χ2v) is 5.68. The Morgan fingerprint density at radius 1 is 1.38 bits per heavy atom. The number of likely N-dealkylation sites (N-methyl/N-ethyl adjacent to an activating group) is 1. The van der Waals surface area contributed by atoms with Crippen LogP contribution in [0.5, 0.6) is 0 Å². The van der Waals surface area contributed by atoms with Crippen LogP contribution >= 0.6 is 0 Å². The lowest BCUT2D eigenvalue weighted by Gasteiger charge is -2.20. The molecule has 1 aromatic carbocycles. The first-order valence-corrected chi connectivity index (χ1v) is 7.31. The summed E-state index contributed by atoms with van der Waals surface area (Å²) in [4.78, 5) is 25.8. The van der Waals surface area contributed by atoms with E-state index in [2.05, 4.69) is 10.6 Å². The summed E-state index contributed by atoms with van der Waals surface area (Å²) in [5.74, 6) is -0.120. The molecule has 0 radical (unpaired) electrons. The fourth-order valence-electron chi connectivity index (χ4n) is 2.55. The van der Waals surface area contributed by atoms with E-state index in [1.165, 1.54) is 4.90 Å². The highest BCUT2D eigenvalue weighted by molar-refractivity contribution is 5.95. The Morgan fingerprint density at radius 2 is 2.14 bits per heavy atom. The van der Waals surface area contributed by atoms with Crippen LogP contribution in [0.3, 0.4) is 0 Å². The molecule has 2 N–H and O–H groups in total. The summed E-state index contributed by atoms with van der Waals surface area (Å²) >= 11 is 0. The molecule has 1 saturated heterocycles. The van der Waals surface area contributed by atoms with Crippen LogP contribution in [-0.4, -0.2) is 43.4 Å². The first-order chi connectivity index (χ1) is 9.99. The van der Waals surface area contributed by atoms with E-state index >= 15 is 0 Å². The van der Waals surface area contributed by atoms with E-state index < -0.39 is 0 Å². The number of benzene rings is 1. The monoisotopic (exact) mass is 289 g/mol. The van der Waals surface area contributed by atoms with Crippen molar-refractivity contribution in [2.24, 2.45) is 5.92 Å². The normalized spacial score (nSPS) is 17.6. The van der Waals surface area contributed by atoms with E-state index in [1.54, 1.807) is 7.05 Å². The van der Waals surface area contributed by atoms with Crippen molar-refractivity contribution < 1.29 is 9.59 Å². The first kappa shape index (κ1) is 15.5. The number of aryl methyl sites for hydroxylation is 1. The molecule has 1 aliphatic heterocycles. The fourth-order valence-corrected chi connectivity index (χ4v) is 2.55. The van der Waals surface area contributed by atoms with Crippen molar-refractivity contribution in [1.82, 2.24) is 10.2 Å². The van der Waals surface area contributed by atoms with E-state index in [9.17, 15) is 9.59 Å². The number of anilines is 1. The molecule has 1 fully saturated rings. The maximum atomic E-state index is 12.2. The van der Waals surface area contributed by atoms with Crippen LogP contribution in [0.25, 0.3) is 0 Å². The second-order valence-electron chi connectivity index (χ2n) is 5.68. The third-order valence-corrected chi connectivity index (χ3v) is 4.05. The molecule has 0 bridgehead atoms. The number of amides is 2. The Kier molecular flexibility index (Phi) is 4.96. The van der Waals surface area contributed by atoms with Gasteiger partial charge in [0, 0.05) is 19.3 Å². The SMILES string of the molecule is Cc1cccc(NC(=O)CN(C)C(=O)C2CCNC2)c1C. The lowest BCUT2D eigenvalue weighted by Crippen LogP contribution is -2.39. The van der Waals surface area contributed by atoms with Gasteiger partial charge < -0.3 is 15.5 Å². The van der Waals surface area contributed by atoms with Crippen molar-refractivity contribution in [3.8, 4) is 0 Å². The maximum Gasteiger partial charge on any atom is 0.243 e. The van der Waals surface area contributed by atoms with Crippen molar-refractivity contribution in [3.63, 3.8) is 0 Å². The lowest BCUT2D eigenvalue weighted by molar-refractivity contribution is -0.136. The van der Waals surface area contributed by atoms with Crippen molar-refractivity contribution in [1.29, 1.82) is 0 Å². The van der Waals surface area contributed by atoms with Crippen LogP contribution < -0.4 is 10.6 Å². The topological polar surface area (TPSA) is 61.4 Å². The predicted molar refractivity (Wildman–Crippen MR) is 83.2 cm³/mol. The molecule has 5 heteroatoms. The Morgan fingerprint density at radius 3 is 2.81 bits per heavy atom. The first-order valence-electron chi connectivity index (χ1n) is 7.31. The van der Waals surface area contributed by atoms with Crippen LogP contribution in [0.15, 0.2) is 18.2 Å². The van der Waals surface area contributed by atoms with Gasteiger partial charge in [0.1, 0.15) is 0 Å². The van der Waals surface area contributed by atoms with Crippen LogP contribution in [0.1, 0.15) is 17.5 Å². The molecule has 1 aromatic rings. The molecule has 1 aliphatic rings. The summed E-state index contributed by atoms with van der Waals surface area (Å²) < 4.78 is 0. The molecule has 0 spiro atoms. The van der Waals surface area contributed by atoms with Gasteiger partial charge in [0.25, 0.3) is 0 Å². The Hall–Kier alpha value is -1.88. The summed E-state index contributed by atoms with van der Waals surface area (Å²) in [6, 6.07) is 5.80. The van der Waals surface area contributed by atoms with Crippen molar-refractivity contribution in [3.05, 3.63) is 29.3 Å². The zero-order chi connectivity index (χ0) is 15.4. The molecular formula is C16H23N3O2. The Bertz CT molecular complexity index is 536. The van der Waals surface area contributed by atoms with Crippen LogP contribution in [0.4, 0.5) is 5.69 Å². The molecule has 2 rings (SSSR count). The van der Waals surface area contributed by atoms with E-state index in [0.717, 1.165) is 29.8 Å². The molecule has 1 heterocycles. The van der Waals surface area contributed by atoms with Gasteiger partial charge in [0.05, 0.1) is 12.5 Å². The van der Waals surface area contributed by atoms with Gasteiger partial charge >= 0.3 is 0 Å². The van der Waals surface area contributed by atoms with Crippen LogP contribution in [0, 0.1) is 19.8 Å². The molecule has 5 nitrogen and oxygen atoms in total. The van der Waals surface area contributed by atoms with Gasteiger partial charge in [0.2, 0.25) is 11.8 Å². The zero-order valence-corrected chi connectivity index (χ0v) is 12.9. The zero-order valence-electron chi connectivity index (χ0n) is 12.9. The highest BCUT2D eigenvalue weighted by Crippen LogP contribution is 2.18. The molecule has 0 aromatic heterocycles. The standard InChI is InChI=1S/C16H23N3O2/c1-11-5-4-6-14(12(11)2)18-15(20)10-19(3)16(21)13-7-8-17-9-13/h4-6,13,17H,7-10H2,1-3H3,(H,18,20). The van der Waals surface area contributed by atoms with Crippen molar-refractivity contribution in [2.75, 3.05) is 32.0 Å². The number of carbonyl (C=O) groups is 2. The molecule has 21 heavy (non-hydrogen) atoms. The fraction of sp³-hybridized carbons (Fsp3) is 0.500. The molecule has 1 unspecified atom stereocenters. The molecule has 1 atom stereocenters. The number of rotatable bonds is 4. The summed E-state index contributed by atoms with van der Waals surface area (Å²) in [6.07, 6.45) is 0.849. The average molecular weight is 289 g/mol. The minimum atomic E-state index is -0.162. The third-order valence-electron chi connectivity index (χ3n) is 4.05. The summed E-state index contributed by atoms with van der Waals surface area (Å²) in [5.41, 5.74) is 3.00. The van der Waals surface area contributed by atoms with E-state index in [0.29, 0.717) is 6.54 Å².